The Morgan fingerprint density at radius 1 is 1.27 bits per heavy atom. The van der Waals surface area contributed by atoms with Crippen molar-refractivity contribution in [3.05, 3.63) is 9.81 Å². The number of ether oxygens (including phenoxy) is 1. The Hall–Kier alpha value is -1.26. The zero-order valence-electron chi connectivity index (χ0n) is 12.2. The number of carbonyl (C=O) groups is 3. The molecule has 0 aromatic heterocycles. The van der Waals surface area contributed by atoms with Crippen LogP contribution in [-0.4, -0.2) is 45.3 Å². The Bertz CT molecular complexity index is 527. The van der Waals surface area contributed by atoms with Crippen molar-refractivity contribution >= 4 is 58.7 Å². The maximum Gasteiger partial charge on any atom is 0.345 e. The highest BCUT2D eigenvalue weighted by molar-refractivity contribution is 8.37. The molecule has 0 aliphatic carbocycles. The minimum absolute atomic E-state index is 0.109. The Morgan fingerprint density at radius 2 is 1.86 bits per heavy atom. The molecule has 0 bridgehead atoms. The van der Waals surface area contributed by atoms with E-state index in [0.29, 0.717) is 4.24 Å². The van der Waals surface area contributed by atoms with E-state index in [-0.39, 0.29) is 16.8 Å². The normalized spacial score (nSPS) is 14.6. The second-order valence-electron chi connectivity index (χ2n) is 4.51. The quantitative estimate of drug-likeness (QED) is 0.217. The van der Waals surface area contributed by atoms with Crippen molar-refractivity contribution in [1.82, 2.24) is 10.6 Å². The topological polar surface area (TPSA) is 105 Å². The first-order valence-electron chi connectivity index (χ1n) is 6.27. The number of carboxylic acids is 1. The number of hydrogen-bond acceptors (Lipinski definition) is 7. The predicted molar refractivity (Wildman–Crippen MR) is 89.3 cm³/mol. The summed E-state index contributed by atoms with van der Waals surface area (Å²) in [5.41, 5.74) is -0.109. The fraction of sp³-hybridized carbons (Fsp3) is 0.500. The van der Waals surface area contributed by atoms with Gasteiger partial charge in [0.15, 0.2) is 5.11 Å². The van der Waals surface area contributed by atoms with Gasteiger partial charge in [-0.15, -0.1) is 23.5 Å². The van der Waals surface area contributed by atoms with E-state index >= 15 is 0 Å². The smallest absolute Gasteiger partial charge is 0.345 e. The van der Waals surface area contributed by atoms with Gasteiger partial charge in [-0.2, -0.15) is 0 Å². The van der Waals surface area contributed by atoms with Gasteiger partial charge in [0.25, 0.3) is 5.91 Å². The second-order valence-corrected chi connectivity index (χ2v) is 7.51. The van der Waals surface area contributed by atoms with E-state index in [1.807, 2.05) is 0 Å². The molecule has 3 N–H and O–H groups in total. The van der Waals surface area contributed by atoms with Crippen LogP contribution in [0.5, 0.6) is 0 Å². The SMILES string of the molecule is CC(C)OC(=O)C(C(=O)NC(=S)NC(C)C(=O)O)=C1SCS1. The third-order valence-corrected chi connectivity index (χ3v) is 5.11. The Balaban J connectivity index is 2.76. The summed E-state index contributed by atoms with van der Waals surface area (Å²) in [6, 6.07) is -0.959. The molecular formula is C12H16N2O5S3. The lowest BCUT2D eigenvalue weighted by molar-refractivity contribution is -0.144. The van der Waals surface area contributed by atoms with Crippen LogP contribution in [0.15, 0.2) is 9.81 Å². The van der Waals surface area contributed by atoms with Crippen molar-refractivity contribution < 1.29 is 24.2 Å². The predicted octanol–water partition coefficient (Wildman–Crippen LogP) is 1.05. The number of carbonyl (C=O) groups excluding carboxylic acids is 2. The first-order chi connectivity index (χ1) is 10.2. The summed E-state index contributed by atoms with van der Waals surface area (Å²) in [6.45, 7) is 4.74. The van der Waals surface area contributed by atoms with Crippen LogP contribution in [-0.2, 0) is 19.1 Å². The van der Waals surface area contributed by atoms with Crippen LogP contribution < -0.4 is 10.6 Å². The number of rotatable bonds is 5. The second kappa shape index (κ2) is 8.39. The van der Waals surface area contributed by atoms with E-state index in [0.717, 1.165) is 5.08 Å². The van der Waals surface area contributed by atoms with Gasteiger partial charge in [-0.05, 0) is 33.0 Å². The monoisotopic (exact) mass is 364 g/mol. The average Bonchev–Trinajstić information content (AvgIpc) is 2.31. The number of nitrogens with one attached hydrogen (secondary N) is 2. The molecule has 22 heavy (non-hydrogen) atoms. The van der Waals surface area contributed by atoms with E-state index < -0.39 is 23.9 Å². The first-order valence-corrected chi connectivity index (χ1v) is 8.65. The Morgan fingerprint density at radius 3 is 2.27 bits per heavy atom. The van der Waals surface area contributed by atoms with Crippen LogP contribution >= 0.6 is 35.7 Å². The van der Waals surface area contributed by atoms with Crippen molar-refractivity contribution in [3.8, 4) is 0 Å². The molecule has 122 valence electrons. The molecule has 1 aliphatic heterocycles. The third-order valence-electron chi connectivity index (χ3n) is 2.30. The number of hydrogen-bond donors (Lipinski definition) is 3. The highest BCUT2D eigenvalue weighted by Crippen LogP contribution is 2.45. The van der Waals surface area contributed by atoms with Crippen molar-refractivity contribution in [2.45, 2.75) is 32.9 Å². The lowest BCUT2D eigenvalue weighted by atomic mass is 10.3. The van der Waals surface area contributed by atoms with Gasteiger partial charge in [0, 0.05) is 5.08 Å². The van der Waals surface area contributed by atoms with Crippen LogP contribution in [0.25, 0.3) is 0 Å². The summed E-state index contributed by atoms with van der Waals surface area (Å²) in [7, 11) is 0. The number of thiocarbonyl (C=S) groups is 1. The van der Waals surface area contributed by atoms with Crippen molar-refractivity contribution in [2.24, 2.45) is 0 Å². The molecule has 1 unspecified atom stereocenters. The molecule has 1 fully saturated rings. The van der Waals surface area contributed by atoms with Crippen molar-refractivity contribution in [1.29, 1.82) is 0 Å². The van der Waals surface area contributed by atoms with Gasteiger partial charge in [0.05, 0.1) is 10.3 Å². The zero-order valence-corrected chi connectivity index (χ0v) is 14.6. The molecule has 1 heterocycles. The van der Waals surface area contributed by atoms with Gasteiger partial charge in [-0.25, -0.2) is 4.79 Å². The van der Waals surface area contributed by atoms with Gasteiger partial charge < -0.3 is 15.2 Å². The molecular weight excluding hydrogens is 348 g/mol. The lowest BCUT2D eigenvalue weighted by Gasteiger charge is -2.20. The molecule has 0 saturated carbocycles. The third kappa shape index (κ3) is 5.50. The number of carboxylic acid groups (broad SMARTS) is 1. The fourth-order valence-electron chi connectivity index (χ4n) is 1.26. The molecule has 0 aromatic rings. The highest BCUT2D eigenvalue weighted by Gasteiger charge is 2.30. The van der Waals surface area contributed by atoms with Gasteiger partial charge in [-0.1, -0.05) is 0 Å². The maximum atomic E-state index is 12.2. The van der Waals surface area contributed by atoms with E-state index in [2.05, 4.69) is 10.6 Å². The summed E-state index contributed by atoms with van der Waals surface area (Å²) in [6.07, 6.45) is -0.358. The van der Waals surface area contributed by atoms with Gasteiger partial charge >= 0.3 is 11.9 Å². The molecule has 1 rings (SSSR count). The molecule has 0 spiro atoms. The number of thioether (sulfide) groups is 2. The van der Waals surface area contributed by atoms with Crippen LogP contribution in [0.1, 0.15) is 20.8 Å². The van der Waals surface area contributed by atoms with Gasteiger partial charge in [0.2, 0.25) is 0 Å². The number of esters is 1. The molecule has 1 amide bonds. The van der Waals surface area contributed by atoms with Gasteiger partial charge in [-0.3, -0.25) is 14.9 Å². The van der Waals surface area contributed by atoms with Crippen LogP contribution in [0.2, 0.25) is 0 Å². The first kappa shape index (κ1) is 18.8. The van der Waals surface area contributed by atoms with E-state index in [4.69, 9.17) is 22.1 Å². The summed E-state index contributed by atoms with van der Waals surface area (Å²) >= 11 is 7.60. The van der Waals surface area contributed by atoms with Crippen LogP contribution in [0.4, 0.5) is 0 Å². The van der Waals surface area contributed by atoms with Crippen LogP contribution in [0.3, 0.4) is 0 Å². The lowest BCUT2D eigenvalue weighted by Crippen LogP contribution is -2.47. The highest BCUT2D eigenvalue weighted by atomic mass is 32.3. The number of amides is 1. The molecule has 7 nitrogen and oxygen atoms in total. The minimum Gasteiger partial charge on any atom is -0.480 e. The summed E-state index contributed by atoms with van der Waals surface area (Å²) in [5.74, 6) is -2.55. The van der Waals surface area contributed by atoms with E-state index in [9.17, 15) is 14.4 Å². The largest absolute Gasteiger partial charge is 0.480 e. The minimum atomic E-state index is -1.11. The maximum absolute atomic E-state index is 12.2. The van der Waals surface area contributed by atoms with Crippen molar-refractivity contribution in [3.63, 3.8) is 0 Å². The summed E-state index contributed by atoms with van der Waals surface area (Å²) < 4.78 is 5.62. The molecule has 0 aromatic carbocycles. The molecule has 10 heteroatoms. The fourth-order valence-corrected chi connectivity index (χ4v) is 3.12. The van der Waals surface area contributed by atoms with E-state index in [1.54, 1.807) is 13.8 Å². The average molecular weight is 364 g/mol. The Kier molecular flexibility index (Phi) is 7.17. The number of aliphatic carboxylic acids is 1. The standard InChI is InChI=1S/C12H16N2O5S3/c1-5(2)19-10(18)7(11-21-4-22-11)8(15)14-12(20)13-6(3)9(16)17/h5-6H,4H2,1-3H3,(H,16,17)(H2,13,14,15,20). The molecule has 1 atom stereocenters. The van der Waals surface area contributed by atoms with Crippen LogP contribution in [0, 0.1) is 0 Å². The van der Waals surface area contributed by atoms with E-state index in [1.165, 1.54) is 30.4 Å². The molecule has 1 saturated heterocycles. The molecule has 1 aliphatic rings. The van der Waals surface area contributed by atoms with Gasteiger partial charge in [0.1, 0.15) is 11.6 Å². The summed E-state index contributed by atoms with van der Waals surface area (Å²) in [4.78, 5) is 34.9. The van der Waals surface area contributed by atoms with Crippen molar-refractivity contribution in [2.75, 3.05) is 5.08 Å². The Labute approximate surface area is 141 Å². The summed E-state index contributed by atoms with van der Waals surface area (Å²) in [5, 5.41) is 14.1. The molecule has 0 radical (unpaired) electrons. The zero-order chi connectivity index (χ0) is 16.9.